The second-order valence-electron chi connectivity index (χ2n) is 4.36. The van der Waals surface area contributed by atoms with E-state index in [4.69, 9.17) is 15.2 Å². The molecule has 0 unspecified atom stereocenters. The predicted octanol–water partition coefficient (Wildman–Crippen LogP) is 3.76. The maximum atomic E-state index is 5.67. The normalized spacial score (nSPS) is 10.3. The number of hydrogen-bond donors (Lipinski definition) is 1. The number of benzene rings is 2. The molecule has 3 nitrogen and oxygen atoms in total. The lowest BCUT2D eigenvalue weighted by Gasteiger charge is -2.09. The average Bonchev–Trinajstić information content (AvgIpc) is 2.47. The van der Waals surface area contributed by atoms with E-state index in [0.717, 1.165) is 28.0 Å². The highest BCUT2D eigenvalue weighted by atomic mass is 79.9. The Morgan fingerprint density at radius 3 is 2.20 bits per heavy atom. The molecule has 0 radical (unpaired) electrons. The first kappa shape index (κ1) is 14.9. The molecule has 2 rings (SSSR count). The Kier molecular flexibility index (Phi) is 5.89. The largest absolute Gasteiger partial charge is 0.493 e. The Balaban J connectivity index is 1.68. The minimum absolute atomic E-state index is 0.531. The van der Waals surface area contributed by atoms with Crippen molar-refractivity contribution in [1.29, 1.82) is 0 Å². The van der Waals surface area contributed by atoms with E-state index in [9.17, 15) is 0 Å². The van der Waals surface area contributed by atoms with E-state index in [-0.39, 0.29) is 0 Å². The van der Waals surface area contributed by atoms with E-state index >= 15 is 0 Å². The number of hydrogen-bond acceptors (Lipinski definition) is 3. The van der Waals surface area contributed by atoms with Crippen LogP contribution in [-0.4, -0.2) is 13.2 Å². The number of rotatable bonds is 7. The van der Waals surface area contributed by atoms with Gasteiger partial charge in [-0.15, -0.1) is 0 Å². The van der Waals surface area contributed by atoms with Crippen molar-refractivity contribution in [2.75, 3.05) is 13.2 Å². The van der Waals surface area contributed by atoms with Crippen molar-refractivity contribution in [3.8, 4) is 11.5 Å². The van der Waals surface area contributed by atoms with Gasteiger partial charge in [0.2, 0.25) is 0 Å². The van der Waals surface area contributed by atoms with Gasteiger partial charge >= 0.3 is 0 Å². The van der Waals surface area contributed by atoms with Crippen LogP contribution in [0.15, 0.2) is 53.0 Å². The van der Waals surface area contributed by atoms with Gasteiger partial charge in [-0.25, -0.2) is 0 Å². The zero-order chi connectivity index (χ0) is 14.2. The van der Waals surface area contributed by atoms with E-state index in [1.807, 2.05) is 48.5 Å². The molecule has 0 fully saturated rings. The second-order valence-corrected chi connectivity index (χ2v) is 5.28. The first-order valence-corrected chi connectivity index (χ1v) is 7.37. The highest BCUT2D eigenvalue weighted by molar-refractivity contribution is 9.10. The average molecular weight is 336 g/mol. The molecule has 0 aliphatic rings. The molecule has 0 amide bonds. The van der Waals surface area contributed by atoms with E-state index in [1.165, 1.54) is 0 Å². The summed E-state index contributed by atoms with van der Waals surface area (Å²) in [4.78, 5) is 0. The van der Waals surface area contributed by atoms with Gasteiger partial charge < -0.3 is 15.2 Å². The van der Waals surface area contributed by atoms with Crippen molar-refractivity contribution in [2.45, 2.75) is 13.0 Å². The molecule has 106 valence electrons. The molecule has 4 heteroatoms. The van der Waals surface area contributed by atoms with Gasteiger partial charge in [-0.2, -0.15) is 0 Å². The summed E-state index contributed by atoms with van der Waals surface area (Å²) in [6.45, 7) is 1.79. The minimum atomic E-state index is 0.531. The fourth-order valence-electron chi connectivity index (χ4n) is 1.76. The highest BCUT2D eigenvalue weighted by Gasteiger charge is 1.97. The summed E-state index contributed by atoms with van der Waals surface area (Å²) in [5, 5.41) is 0. The quantitative estimate of drug-likeness (QED) is 0.783. The van der Waals surface area contributed by atoms with Gasteiger partial charge in [-0.1, -0.05) is 34.1 Å². The van der Waals surface area contributed by atoms with E-state index in [1.54, 1.807) is 0 Å². The molecule has 0 aromatic heterocycles. The Morgan fingerprint density at radius 2 is 1.55 bits per heavy atom. The van der Waals surface area contributed by atoms with E-state index < -0.39 is 0 Å². The lowest BCUT2D eigenvalue weighted by Crippen LogP contribution is -2.05. The zero-order valence-electron chi connectivity index (χ0n) is 11.2. The summed E-state index contributed by atoms with van der Waals surface area (Å²) in [5.74, 6) is 1.72. The van der Waals surface area contributed by atoms with Crippen LogP contribution in [0, 0.1) is 0 Å². The van der Waals surface area contributed by atoms with Gasteiger partial charge in [0.1, 0.15) is 11.5 Å². The number of nitrogens with two attached hydrogens (primary N) is 1. The van der Waals surface area contributed by atoms with Crippen LogP contribution in [0.3, 0.4) is 0 Å². The molecule has 0 spiro atoms. The van der Waals surface area contributed by atoms with Crippen LogP contribution in [0.2, 0.25) is 0 Å². The third-order valence-corrected chi connectivity index (χ3v) is 3.25. The molecule has 0 saturated carbocycles. The Bertz CT molecular complexity index is 546. The summed E-state index contributed by atoms with van der Waals surface area (Å²) in [7, 11) is 0. The smallest absolute Gasteiger partial charge is 0.120 e. The zero-order valence-corrected chi connectivity index (χ0v) is 12.8. The van der Waals surface area contributed by atoms with Crippen molar-refractivity contribution in [1.82, 2.24) is 0 Å². The molecule has 0 saturated heterocycles. The molecular formula is C16H18BrNO2. The lowest BCUT2D eigenvalue weighted by atomic mass is 10.2. The molecule has 0 bridgehead atoms. The summed E-state index contributed by atoms with van der Waals surface area (Å²) in [5.41, 5.74) is 6.67. The van der Waals surface area contributed by atoms with Gasteiger partial charge in [-0.05, 0) is 35.9 Å². The molecule has 2 N–H and O–H groups in total. The van der Waals surface area contributed by atoms with Gasteiger partial charge in [0.25, 0.3) is 0 Å². The molecule has 0 atom stereocenters. The summed E-state index contributed by atoms with van der Waals surface area (Å²) < 4.78 is 12.3. The maximum absolute atomic E-state index is 5.67. The fourth-order valence-corrected chi connectivity index (χ4v) is 2.14. The van der Waals surface area contributed by atoms with Crippen LogP contribution in [0.4, 0.5) is 0 Å². The van der Waals surface area contributed by atoms with Crippen LogP contribution < -0.4 is 15.2 Å². The monoisotopic (exact) mass is 335 g/mol. The van der Waals surface area contributed by atoms with Crippen molar-refractivity contribution in [2.24, 2.45) is 5.73 Å². The number of halogens is 1. The molecule has 0 aliphatic carbocycles. The van der Waals surface area contributed by atoms with Crippen LogP contribution >= 0.6 is 15.9 Å². The maximum Gasteiger partial charge on any atom is 0.120 e. The SMILES string of the molecule is NCc1cccc(OCCCOc2cccc(Br)c2)c1. The first-order chi connectivity index (χ1) is 9.78. The van der Waals surface area contributed by atoms with Crippen LogP contribution in [0.1, 0.15) is 12.0 Å². The highest BCUT2D eigenvalue weighted by Crippen LogP contribution is 2.18. The van der Waals surface area contributed by atoms with E-state index in [0.29, 0.717) is 19.8 Å². The van der Waals surface area contributed by atoms with Crippen LogP contribution in [0.5, 0.6) is 11.5 Å². The lowest BCUT2D eigenvalue weighted by molar-refractivity contribution is 0.247. The van der Waals surface area contributed by atoms with Crippen LogP contribution in [-0.2, 0) is 6.54 Å². The third kappa shape index (κ3) is 4.87. The van der Waals surface area contributed by atoms with Crippen molar-refractivity contribution >= 4 is 15.9 Å². The molecule has 2 aromatic carbocycles. The van der Waals surface area contributed by atoms with Gasteiger partial charge in [-0.3, -0.25) is 0 Å². The molecule has 20 heavy (non-hydrogen) atoms. The minimum Gasteiger partial charge on any atom is -0.493 e. The Hall–Kier alpha value is -1.52. The Morgan fingerprint density at radius 1 is 0.900 bits per heavy atom. The predicted molar refractivity (Wildman–Crippen MR) is 84.1 cm³/mol. The fraction of sp³-hybridized carbons (Fsp3) is 0.250. The van der Waals surface area contributed by atoms with Gasteiger partial charge in [0.15, 0.2) is 0 Å². The van der Waals surface area contributed by atoms with Crippen molar-refractivity contribution in [3.05, 3.63) is 58.6 Å². The second kappa shape index (κ2) is 7.92. The summed E-state index contributed by atoms with van der Waals surface area (Å²) >= 11 is 3.41. The standard InChI is InChI=1S/C16H18BrNO2/c17-14-5-2-7-16(11-14)20-9-3-8-19-15-6-1-4-13(10-15)12-18/h1-2,4-7,10-11H,3,8-9,12,18H2. The Labute approximate surface area is 127 Å². The molecule has 2 aromatic rings. The third-order valence-electron chi connectivity index (χ3n) is 2.76. The summed E-state index contributed by atoms with van der Waals surface area (Å²) in [6.07, 6.45) is 0.833. The number of ether oxygens (including phenoxy) is 2. The summed E-state index contributed by atoms with van der Waals surface area (Å²) in [6, 6.07) is 15.7. The van der Waals surface area contributed by atoms with E-state index in [2.05, 4.69) is 15.9 Å². The molecule has 0 aliphatic heterocycles. The van der Waals surface area contributed by atoms with Crippen molar-refractivity contribution in [3.63, 3.8) is 0 Å². The first-order valence-electron chi connectivity index (χ1n) is 6.58. The molecular weight excluding hydrogens is 318 g/mol. The van der Waals surface area contributed by atoms with Crippen molar-refractivity contribution < 1.29 is 9.47 Å². The van der Waals surface area contributed by atoms with Gasteiger partial charge in [0.05, 0.1) is 13.2 Å². The van der Waals surface area contributed by atoms with Gasteiger partial charge in [0, 0.05) is 17.4 Å². The molecule has 0 heterocycles. The topological polar surface area (TPSA) is 44.5 Å². The van der Waals surface area contributed by atoms with Crippen LogP contribution in [0.25, 0.3) is 0 Å².